The highest BCUT2D eigenvalue weighted by Crippen LogP contribution is 2.41. The number of benzene rings is 2. The van der Waals surface area contributed by atoms with E-state index in [1.165, 1.54) is 18.4 Å². The van der Waals surface area contributed by atoms with Crippen molar-refractivity contribution in [1.82, 2.24) is 4.98 Å². The molecule has 0 radical (unpaired) electrons. The number of fused-ring (bicyclic) bond motifs is 1. The maximum absolute atomic E-state index is 13.8. The minimum absolute atomic E-state index is 0.0636. The number of methoxy groups -OCH3 is 4. The lowest BCUT2D eigenvalue weighted by molar-refractivity contribution is 0.0914. The van der Waals surface area contributed by atoms with Crippen LogP contribution in [0.25, 0.3) is 10.2 Å². The number of aromatic nitrogens is 1. The second kappa shape index (κ2) is 9.62. The quantitative estimate of drug-likeness (QED) is 0.502. The molecule has 1 aliphatic heterocycles. The predicted octanol–water partition coefficient (Wildman–Crippen LogP) is 4.16. The Balaban J connectivity index is 1.82. The Labute approximate surface area is 190 Å². The Bertz CT molecular complexity index is 1070. The van der Waals surface area contributed by atoms with Gasteiger partial charge in [-0.1, -0.05) is 11.3 Å². The van der Waals surface area contributed by atoms with E-state index in [9.17, 15) is 4.79 Å². The molecular weight excluding hydrogens is 432 g/mol. The summed E-state index contributed by atoms with van der Waals surface area (Å²) in [6.45, 7) is 1.07. The molecule has 3 aromatic rings. The summed E-state index contributed by atoms with van der Waals surface area (Å²) < 4.78 is 28.4. The molecule has 1 aromatic heterocycles. The zero-order chi connectivity index (χ0) is 22.7. The van der Waals surface area contributed by atoms with Crippen LogP contribution in [0.1, 0.15) is 23.2 Å². The highest BCUT2D eigenvalue weighted by molar-refractivity contribution is 7.22. The summed E-state index contributed by atoms with van der Waals surface area (Å²) >= 11 is 1.38. The lowest BCUT2D eigenvalue weighted by atomic mass is 10.1. The summed E-state index contributed by atoms with van der Waals surface area (Å²) in [6, 6.07) is 8.80. The Hall–Kier alpha value is -3.04. The first-order valence-electron chi connectivity index (χ1n) is 10.3. The molecule has 1 aliphatic rings. The number of thiazole rings is 1. The summed E-state index contributed by atoms with van der Waals surface area (Å²) in [7, 11) is 6.30. The second-order valence-corrected chi connectivity index (χ2v) is 8.24. The molecule has 1 unspecified atom stereocenters. The minimum Gasteiger partial charge on any atom is -0.497 e. The van der Waals surface area contributed by atoms with Crippen molar-refractivity contribution in [2.24, 2.45) is 0 Å². The fourth-order valence-corrected chi connectivity index (χ4v) is 4.84. The number of nitrogens with zero attached hydrogens (tertiary/aromatic N) is 2. The standard InChI is InChI=1S/C23H26N2O6S/c1-27-14-7-8-17(28-2)16(12-14)22(26)25(13-15-6-5-11-31-15)23-24-20-18(29-3)9-10-19(30-4)21(20)32-23/h7-10,12,15H,5-6,11,13H2,1-4H3. The molecule has 170 valence electrons. The van der Waals surface area contributed by atoms with Crippen molar-refractivity contribution in [2.45, 2.75) is 18.9 Å². The predicted molar refractivity (Wildman–Crippen MR) is 123 cm³/mol. The molecule has 2 heterocycles. The van der Waals surface area contributed by atoms with Gasteiger partial charge in [0.15, 0.2) is 5.13 Å². The van der Waals surface area contributed by atoms with Crippen LogP contribution < -0.4 is 23.8 Å². The number of carbonyl (C=O) groups excluding carboxylic acids is 1. The van der Waals surface area contributed by atoms with Crippen LogP contribution in [0.15, 0.2) is 30.3 Å². The third-order valence-corrected chi connectivity index (χ3v) is 6.52. The molecule has 1 atom stereocenters. The average Bonchev–Trinajstić information content (AvgIpc) is 3.51. The van der Waals surface area contributed by atoms with E-state index in [1.54, 1.807) is 44.4 Å². The van der Waals surface area contributed by atoms with Gasteiger partial charge in [0.05, 0.1) is 46.7 Å². The molecule has 4 rings (SSSR count). The van der Waals surface area contributed by atoms with Crippen molar-refractivity contribution in [2.75, 3.05) is 46.5 Å². The molecule has 0 bridgehead atoms. The van der Waals surface area contributed by atoms with Gasteiger partial charge in [0.25, 0.3) is 5.91 Å². The van der Waals surface area contributed by atoms with Crippen molar-refractivity contribution >= 4 is 32.6 Å². The zero-order valence-corrected chi connectivity index (χ0v) is 19.4. The number of carbonyl (C=O) groups is 1. The van der Waals surface area contributed by atoms with Gasteiger partial charge in [0.2, 0.25) is 0 Å². The van der Waals surface area contributed by atoms with Gasteiger partial charge in [-0.3, -0.25) is 9.69 Å². The molecule has 1 fully saturated rings. The summed E-state index contributed by atoms with van der Waals surface area (Å²) in [5.41, 5.74) is 1.04. The Morgan fingerprint density at radius 2 is 1.78 bits per heavy atom. The van der Waals surface area contributed by atoms with Crippen LogP contribution in [0.4, 0.5) is 5.13 Å². The first-order chi connectivity index (χ1) is 15.6. The number of amides is 1. The van der Waals surface area contributed by atoms with E-state index in [2.05, 4.69) is 0 Å². The van der Waals surface area contributed by atoms with Crippen molar-refractivity contribution in [1.29, 1.82) is 0 Å². The van der Waals surface area contributed by atoms with Crippen LogP contribution >= 0.6 is 11.3 Å². The number of anilines is 1. The van der Waals surface area contributed by atoms with Crippen LogP contribution in [-0.4, -0.2) is 58.6 Å². The van der Waals surface area contributed by atoms with Gasteiger partial charge in [0, 0.05) is 6.61 Å². The van der Waals surface area contributed by atoms with E-state index in [0.29, 0.717) is 52.4 Å². The normalized spacial score (nSPS) is 15.6. The fraction of sp³-hybridized carbons (Fsp3) is 0.391. The summed E-state index contributed by atoms with van der Waals surface area (Å²) in [5, 5.41) is 0.535. The van der Waals surface area contributed by atoms with Crippen LogP contribution in [0.3, 0.4) is 0 Å². The van der Waals surface area contributed by atoms with Gasteiger partial charge < -0.3 is 23.7 Å². The third-order valence-electron chi connectivity index (χ3n) is 5.42. The molecule has 2 aromatic carbocycles. The lowest BCUT2D eigenvalue weighted by Crippen LogP contribution is -2.37. The fourth-order valence-electron chi connectivity index (χ4n) is 3.76. The van der Waals surface area contributed by atoms with Crippen LogP contribution in [0, 0.1) is 0 Å². The number of ether oxygens (including phenoxy) is 5. The van der Waals surface area contributed by atoms with Crippen LogP contribution in [0.2, 0.25) is 0 Å². The van der Waals surface area contributed by atoms with Gasteiger partial charge in [-0.15, -0.1) is 0 Å². The smallest absolute Gasteiger partial charge is 0.264 e. The molecule has 0 spiro atoms. The molecule has 0 N–H and O–H groups in total. The average molecular weight is 459 g/mol. The van der Waals surface area contributed by atoms with E-state index in [1.807, 2.05) is 12.1 Å². The molecule has 1 amide bonds. The van der Waals surface area contributed by atoms with E-state index in [4.69, 9.17) is 28.7 Å². The summed E-state index contributed by atoms with van der Waals surface area (Å²) in [4.78, 5) is 20.2. The summed E-state index contributed by atoms with van der Waals surface area (Å²) in [6.07, 6.45) is 1.79. The molecular formula is C23H26N2O6S. The lowest BCUT2D eigenvalue weighted by Gasteiger charge is -2.24. The van der Waals surface area contributed by atoms with E-state index in [-0.39, 0.29) is 12.0 Å². The topological polar surface area (TPSA) is 79.4 Å². The van der Waals surface area contributed by atoms with Gasteiger partial charge >= 0.3 is 0 Å². The first kappa shape index (κ1) is 22.2. The van der Waals surface area contributed by atoms with Crippen molar-refractivity contribution in [3.63, 3.8) is 0 Å². The zero-order valence-electron chi connectivity index (χ0n) is 18.5. The molecule has 1 saturated heterocycles. The van der Waals surface area contributed by atoms with E-state index in [0.717, 1.165) is 17.5 Å². The van der Waals surface area contributed by atoms with Gasteiger partial charge in [-0.05, 0) is 43.2 Å². The number of hydrogen-bond acceptors (Lipinski definition) is 8. The van der Waals surface area contributed by atoms with Crippen molar-refractivity contribution in [3.8, 4) is 23.0 Å². The first-order valence-corrected chi connectivity index (χ1v) is 11.1. The van der Waals surface area contributed by atoms with Crippen LogP contribution in [0.5, 0.6) is 23.0 Å². The largest absolute Gasteiger partial charge is 0.497 e. The highest BCUT2D eigenvalue weighted by atomic mass is 32.1. The molecule has 9 heteroatoms. The highest BCUT2D eigenvalue weighted by Gasteiger charge is 2.30. The summed E-state index contributed by atoms with van der Waals surface area (Å²) in [5.74, 6) is 2.08. The third kappa shape index (κ3) is 4.18. The van der Waals surface area contributed by atoms with Gasteiger partial charge in [-0.25, -0.2) is 4.98 Å². The number of rotatable bonds is 8. The maximum Gasteiger partial charge on any atom is 0.264 e. The molecule has 0 saturated carbocycles. The second-order valence-electron chi connectivity index (χ2n) is 7.26. The van der Waals surface area contributed by atoms with Crippen molar-refractivity contribution < 1.29 is 28.5 Å². The Morgan fingerprint density at radius 1 is 1.06 bits per heavy atom. The van der Waals surface area contributed by atoms with Crippen molar-refractivity contribution in [3.05, 3.63) is 35.9 Å². The number of hydrogen-bond donors (Lipinski definition) is 0. The Kier molecular flexibility index (Phi) is 6.66. The molecule has 0 aliphatic carbocycles. The van der Waals surface area contributed by atoms with E-state index < -0.39 is 0 Å². The molecule has 8 nitrogen and oxygen atoms in total. The monoisotopic (exact) mass is 458 g/mol. The molecule has 32 heavy (non-hydrogen) atoms. The van der Waals surface area contributed by atoms with Gasteiger partial charge in [0.1, 0.15) is 33.2 Å². The van der Waals surface area contributed by atoms with Crippen LogP contribution in [-0.2, 0) is 4.74 Å². The van der Waals surface area contributed by atoms with E-state index >= 15 is 0 Å². The minimum atomic E-state index is -0.242. The SMILES string of the molecule is COc1ccc(OC)c(C(=O)N(CC2CCCO2)c2nc3c(OC)ccc(OC)c3s2)c1. The van der Waals surface area contributed by atoms with Gasteiger partial charge in [-0.2, -0.15) is 0 Å². The Morgan fingerprint density at radius 3 is 2.44 bits per heavy atom. The maximum atomic E-state index is 13.8.